The minimum atomic E-state index is 0.260. The second-order valence-electron chi connectivity index (χ2n) is 5.16. The maximum Gasteiger partial charge on any atom is 0.0596 e. The summed E-state index contributed by atoms with van der Waals surface area (Å²) in [6.07, 6.45) is 2.20. The lowest BCUT2D eigenvalue weighted by molar-refractivity contribution is 0.148. The predicted octanol–water partition coefficient (Wildman–Crippen LogP) is 1.29. The fourth-order valence-electron chi connectivity index (χ4n) is 2.59. The Morgan fingerprint density at radius 2 is 2.41 bits per heavy atom. The average Bonchev–Trinajstić information content (AvgIpc) is 2.85. The second-order valence-corrected chi connectivity index (χ2v) is 5.16. The van der Waals surface area contributed by atoms with E-state index in [1.807, 2.05) is 18.7 Å². The Hall–Kier alpha value is -0.870. The summed E-state index contributed by atoms with van der Waals surface area (Å²) in [5, 5.41) is 7.89. The van der Waals surface area contributed by atoms with Gasteiger partial charge in [-0.05, 0) is 32.4 Å². The molecule has 4 heteroatoms. The van der Waals surface area contributed by atoms with Crippen LogP contribution in [-0.2, 0) is 18.2 Å². The molecule has 1 saturated heterocycles. The van der Waals surface area contributed by atoms with Crippen molar-refractivity contribution in [2.45, 2.75) is 26.7 Å². The van der Waals surface area contributed by atoms with Crippen molar-refractivity contribution in [3.05, 3.63) is 17.5 Å². The van der Waals surface area contributed by atoms with Crippen LogP contribution in [0.25, 0.3) is 0 Å². The van der Waals surface area contributed by atoms with Gasteiger partial charge in [-0.15, -0.1) is 0 Å². The van der Waals surface area contributed by atoms with Gasteiger partial charge in [-0.2, -0.15) is 5.10 Å². The van der Waals surface area contributed by atoms with E-state index in [-0.39, 0.29) is 5.41 Å². The maximum absolute atomic E-state index is 5.61. The Kier molecular flexibility index (Phi) is 3.84. The minimum absolute atomic E-state index is 0.260. The fourth-order valence-corrected chi connectivity index (χ4v) is 2.59. The van der Waals surface area contributed by atoms with E-state index < -0.39 is 0 Å². The van der Waals surface area contributed by atoms with E-state index in [0.29, 0.717) is 0 Å². The van der Waals surface area contributed by atoms with Gasteiger partial charge in [-0.25, -0.2) is 0 Å². The summed E-state index contributed by atoms with van der Waals surface area (Å²) < 4.78 is 7.61. The van der Waals surface area contributed by atoms with Gasteiger partial charge in [0.05, 0.1) is 12.3 Å². The monoisotopic (exact) mass is 237 g/mol. The predicted molar refractivity (Wildman–Crippen MR) is 68.1 cm³/mol. The number of aromatic nitrogens is 2. The molecular formula is C13H23N3O. The largest absolute Gasteiger partial charge is 0.381 e. The van der Waals surface area contributed by atoms with Crippen molar-refractivity contribution >= 4 is 0 Å². The van der Waals surface area contributed by atoms with Crippen LogP contribution in [0.15, 0.2) is 6.07 Å². The second kappa shape index (κ2) is 5.19. The van der Waals surface area contributed by atoms with Gasteiger partial charge < -0.3 is 10.1 Å². The zero-order chi connectivity index (χ0) is 12.3. The number of nitrogens with one attached hydrogen (secondary N) is 1. The number of nitrogens with zero attached hydrogens (tertiary/aromatic N) is 2. The van der Waals surface area contributed by atoms with Crippen molar-refractivity contribution in [3.63, 3.8) is 0 Å². The topological polar surface area (TPSA) is 39.1 Å². The van der Waals surface area contributed by atoms with E-state index in [2.05, 4.69) is 23.4 Å². The lowest BCUT2D eigenvalue weighted by atomic mass is 9.82. The summed E-state index contributed by atoms with van der Waals surface area (Å²) in [7, 11) is 2.03. The molecule has 17 heavy (non-hydrogen) atoms. The van der Waals surface area contributed by atoms with Crippen molar-refractivity contribution < 1.29 is 4.74 Å². The molecule has 0 amide bonds. The summed E-state index contributed by atoms with van der Waals surface area (Å²) in [6.45, 7) is 8.01. The van der Waals surface area contributed by atoms with Crippen molar-refractivity contribution in [2.24, 2.45) is 12.5 Å². The van der Waals surface area contributed by atoms with Gasteiger partial charge in [0.1, 0.15) is 0 Å². The zero-order valence-electron chi connectivity index (χ0n) is 11.1. The van der Waals surface area contributed by atoms with Gasteiger partial charge in [-0.3, -0.25) is 4.68 Å². The molecule has 0 saturated carbocycles. The smallest absolute Gasteiger partial charge is 0.0596 e. The molecule has 96 valence electrons. The molecule has 2 heterocycles. The third-order valence-electron chi connectivity index (χ3n) is 3.59. The molecule has 2 rings (SSSR count). The van der Waals surface area contributed by atoms with Gasteiger partial charge in [0.25, 0.3) is 0 Å². The molecule has 0 aromatic carbocycles. The molecule has 1 N–H and O–H groups in total. The number of hydrogen-bond donors (Lipinski definition) is 1. The molecule has 4 nitrogen and oxygen atoms in total. The van der Waals surface area contributed by atoms with Gasteiger partial charge in [0, 0.05) is 31.3 Å². The first-order valence-corrected chi connectivity index (χ1v) is 6.43. The van der Waals surface area contributed by atoms with Gasteiger partial charge in [-0.1, -0.05) is 6.92 Å². The third-order valence-corrected chi connectivity index (χ3v) is 3.59. The Labute approximate surface area is 103 Å². The van der Waals surface area contributed by atoms with Crippen LogP contribution in [0, 0.1) is 12.3 Å². The van der Waals surface area contributed by atoms with E-state index >= 15 is 0 Å². The summed E-state index contributed by atoms with van der Waals surface area (Å²) in [5.41, 5.74) is 2.67. The van der Waals surface area contributed by atoms with Crippen LogP contribution in [-0.4, -0.2) is 36.1 Å². The summed E-state index contributed by atoms with van der Waals surface area (Å²) in [6, 6.07) is 2.19. The summed E-state index contributed by atoms with van der Waals surface area (Å²) in [4.78, 5) is 0. The molecule has 1 aromatic rings. The van der Waals surface area contributed by atoms with Crippen LogP contribution in [0.4, 0.5) is 0 Å². The molecule has 1 aliphatic heterocycles. The first-order chi connectivity index (χ1) is 8.15. The van der Waals surface area contributed by atoms with E-state index in [4.69, 9.17) is 4.74 Å². The Balaban J connectivity index is 2.09. The van der Waals surface area contributed by atoms with Crippen LogP contribution in [0.2, 0.25) is 0 Å². The molecule has 1 aromatic heterocycles. The van der Waals surface area contributed by atoms with Crippen LogP contribution >= 0.6 is 0 Å². The molecule has 1 atom stereocenters. The molecular weight excluding hydrogens is 214 g/mol. The SMILES string of the molecule is CCNCC1(Cc2cc(C)nn2C)CCOC1. The molecule has 0 spiro atoms. The quantitative estimate of drug-likeness (QED) is 0.838. The van der Waals surface area contributed by atoms with Crippen molar-refractivity contribution in [3.8, 4) is 0 Å². The van der Waals surface area contributed by atoms with Gasteiger partial charge in [0.2, 0.25) is 0 Å². The number of ether oxygens (including phenoxy) is 1. The van der Waals surface area contributed by atoms with Crippen molar-refractivity contribution in [2.75, 3.05) is 26.3 Å². The van der Waals surface area contributed by atoms with E-state index in [0.717, 1.165) is 44.8 Å². The highest BCUT2D eigenvalue weighted by molar-refractivity contribution is 5.12. The molecule has 0 radical (unpaired) electrons. The maximum atomic E-state index is 5.61. The van der Waals surface area contributed by atoms with Crippen molar-refractivity contribution in [1.29, 1.82) is 0 Å². The molecule has 1 aliphatic rings. The lowest BCUT2D eigenvalue weighted by Gasteiger charge is -2.27. The summed E-state index contributed by atoms with van der Waals surface area (Å²) in [5.74, 6) is 0. The minimum Gasteiger partial charge on any atom is -0.381 e. The van der Waals surface area contributed by atoms with E-state index in [1.54, 1.807) is 0 Å². The van der Waals surface area contributed by atoms with Crippen LogP contribution in [0.3, 0.4) is 0 Å². The number of hydrogen-bond acceptors (Lipinski definition) is 3. The number of aryl methyl sites for hydroxylation is 2. The average molecular weight is 237 g/mol. The van der Waals surface area contributed by atoms with Gasteiger partial charge in [0.15, 0.2) is 0 Å². The lowest BCUT2D eigenvalue weighted by Crippen LogP contribution is -2.37. The van der Waals surface area contributed by atoms with Crippen LogP contribution in [0.5, 0.6) is 0 Å². The fraction of sp³-hybridized carbons (Fsp3) is 0.769. The first-order valence-electron chi connectivity index (χ1n) is 6.43. The molecule has 0 bridgehead atoms. The van der Waals surface area contributed by atoms with Crippen LogP contribution in [0.1, 0.15) is 24.7 Å². The number of rotatable bonds is 5. The highest BCUT2D eigenvalue weighted by atomic mass is 16.5. The van der Waals surface area contributed by atoms with E-state index in [1.165, 1.54) is 5.69 Å². The zero-order valence-corrected chi connectivity index (χ0v) is 11.1. The molecule has 1 unspecified atom stereocenters. The third kappa shape index (κ3) is 2.87. The first kappa shape index (κ1) is 12.6. The van der Waals surface area contributed by atoms with E-state index in [9.17, 15) is 0 Å². The highest BCUT2D eigenvalue weighted by Crippen LogP contribution is 2.32. The summed E-state index contributed by atoms with van der Waals surface area (Å²) >= 11 is 0. The molecule has 1 fully saturated rings. The van der Waals surface area contributed by atoms with Crippen LogP contribution < -0.4 is 5.32 Å². The Bertz CT molecular complexity index is 367. The van der Waals surface area contributed by atoms with Crippen molar-refractivity contribution in [1.82, 2.24) is 15.1 Å². The normalized spacial score (nSPS) is 24.4. The Morgan fingerprint density at radius 1 is 1.59 bits per heavy atom. The highest BCUT2D eigenvalue weighted by Gasteiger charge is 2.35. The Morgan fingerprint density at radius 3 is 2.94 bits per heavy atom. The standard InChI is InChI=1S/C13H23N3O/c1-4-14-9-13(5-6-17-10-13)8-12-7-11(2)15-16(12)3/h7,14H,4-6,8-10H2,1-3H3. The molecule has 0 aliphatic carbocycles. The van der Waals surface area contributed by atoms with Gasteiger partial charge >= 0.3 is 0 Å².